The molecular formula is C23H30NO4P. The van der Waals surface area contributed by atoms with Crippen LogP contribution >= 0.6 is 7.60 Å². The van der Waals surface area contributed by atoms with E-state index in [9.17, 15) is 4.57 Å². The maximum atomic E-state index is 13.8. The molecule has 0 fully saturated rings. The number of benzene rings is 2. The Morgan fingerprint density at radius 2 is 1.48 bits per heavy atom. The van der Waals surface area contributed by atoms with E-state index in [0.717, 1.165) is 16.5 Å². The third kappa shape index (κ3) is 5.72. The highest BCUT2D eigenvalue weighted by molar-refractivity contribution is 7.62. The van der Waals surface area contributed by atoms with E-state index in [2.05, 4.69) is 4.98 Å². The number of para-hydroxylation sites is 1. The van der Waals surface area contributed by atoms with Crippen molar-refractivity contribution in [3.8, 4) is 5.75 Å². The van der Waals surface area contributed by atoms with Gasteiger partial charge in [0.15, 0.2) is 0 Å². The van der Waals surface area contributed by atoms with Gasteiger partial charge in [-0.3, -0.25) is 13.6 Å². The maximum absolute atomic E-state index is 13.8. The molecule has 5 nitrogen and oxygen atoms in total. The number of fused-ring (bicyclic) bond motifs is 1. The molecule has 0 saturated carbocycles. The molecule has 3 rings (SSSR count). The Hall–Kier alpha value is -2.07. The van der Waals surface area contributed by atoms with Crippen LogP contribution < -0.4 is 10.2 Å². The molecule has 29 heavy (non-hydrogen) atoms. The van der Waals surface area contributed by atoms with E-state index >= 15 is 0 Å². The average Bonchev–Trinajstić information content (AvgIpc) is 3.03. The SMILES string of the molecule is CC(C)(C)OP(=O)(OC(C)(C)C)c1cc2cccc(OCc3ccccc3)c2[nH]1. The zero-order chi connectivity index (χ0) is 21.3. The summed E-state index contributed by atoms with van der Waals surface area (Å²) in [7, 11) is -3.60. The number of aromatic nitrogens is 1. The van der Waals surface area contributed by atoms with Crippen molar-refractivity contribution in [1.82, 2.24) is 4.98 Å². The highest BCUT2D eigenvalue weighted by Gasteiger charge is 2.38. The molecule has 0 aliphatic rings. The number of nitrogens with one attached hydrogen (secondary N) is 1. The molecule has 156 valence electrons. The molecular weight excluding hydrogens is 385 g/mol. The van der Waals surface area contributed by atoms with Gasteiger partial charge in [0, 0.05) is 5.39 Å². The predicted octanol–water partition coefficient (Wildman–Crippen LogP) is 6.20. The first-order valence-corrected chi connectivity index (χ1v) is 11.3. The summed E-state index contributed by atoms with van der Waals surface area (Å²) in [6.07, 6.45) is 0. The molecule has 3 aromatic rings. The van der Waals surface area contributed by atoms with Crippen molar-refractivity contribution in [2.24, 2.45) is 0 Å². The second-order valence-electron chi connectivity index (χ2n) is 9.05. The Balaban J connectivity index is 1.97. The van der Waals surface area contributed by atoms with Crippen LogP contribution in [-0.2, 0) is 20.2 Å². The van der Waals surface area contributed by atoms with Crippen LogP contribution in [0.3, 0.4) is 0 Å². The first kappa shape index (κ1) is 21.6. The van der Waals surface area contributed by atoms with Gasteiger partial charge in [-0.15, -0.1) is 0 Å². The lowest BCUT2D eigenvalue weighted by Crippen LogP contribution is -2.28. The molecule has 1 aromatic heterocycles. The minimum atomic E-state index is -3.60. The van der Waals surface area contributed by atoms with Crippen molar-refractivity contribution in [1.29, 1.82) is 0 Å². The minimum Gasteiger partial charge on any atom is -0.487 e. The summed E-state index contributed by atoms with van der Waals surface area (Å²) in [6, 6.07) is 17.6. The second-order valence-corrected chi connectivity index (χ2v) is 10.9. The lowest BCUT2D eigenvalue weighted by Gasteiger charge is -2.31. The summed E-state index contributed by atoms with van der Waals surface area (Å²) < 4.78 is 31.7. The van der Waals surface area contributed by atoms with Crippen LogP contribution in [0.25, 0.3) is 10.9 Å². The topological polar surface area (TPSA) is 60.6 Å². The second kappa shape index (κ2) is 7.98. The highest BCUT2D eigenvalue weighted by atomic mass is 31.2. The number of aromatic amines is 1. The van der Waals surface area contributed by atoms with Gasteiger partial charge in [-0.25, -0.2) is 0 Å². The van der Waals surface area contributed by atoms with Crippen LogP contribution in [0.15, 0.2) is 54.6 Å². The molecule has 0 saturated heterocycles. The molecule has 1 N–H and O–H groups in total. The van der Waals surface area contributed by atoms with Gasteiger partial charge in [-0.1, -0.05) is 42.5 Å². The Morgan fingerprint density at radius 1 is 0.862 bits per heavy atom. The van der Waals surface area contributed by atoms with E-state index < -0.39 is 18.8 Å². The molecule has 0 aliphatic heterocycles. The molecule has 0 unspecified atom stereocenters. The lowest BCUT2D eigenvalue weighted by atomic mass is 10.2. The van der Waals surface area contributed by atoms with Crippen molar-refractivity contribution >= 4 is 23.9 Å². The molecule has 0 amide bonds. The van der Waals surface area contributed by atoms with Gasteiger partial charge in [-0.05, 0) is 59.2 Å². The normalized spacial score (nSPS) is 13.0. The molecule has 0 radical (unpaired) electrons. The monoisotopic (exact) mass is 415 g/mol. The summed E-state index contributed by atoms with van der Waals surface area (Å²) in [5.41, 5.74) is 1.01. The maximum Gasteiger partial charge on any atom is 0.378 e. The largest absolute Gasteiger partial charge is 0.487 e. The van der Waals surface area contributed by atoms with Crippen molar-refractivity contribution in [3.63, 3.8) is 0 Å². The smallest absolute Gasteiger partial charge is 0.378 e. The number of H-pyrrole nitrogens is 1. The van der Waals surface area contributed by atoms with Crippen molar-refractivity contribution < 1.29 is 18.3 Å². The van der Waals surface area contributed by atoms with Crippen LogP contribution in [0.1, 0.15) is 47.1 Å². The van der Waals surface area contributed by atoms with Crippen LogP contribution in [0.4, 0.5) is 0 Å². The Morgan fingerprint density at radius 3 is 2.07 bits per heavy atom. The Labute approximate surface area is 172 Å². The molecule has 0 atom stereocenters. The summed E-state index contributed by atoms with van der Waals surface area (Å²) in [4.78, 5) is 3.25. The quantitative estimate of drug-likeness (QED) is 0.487. The number of hydrogen-bond acceptors (Lipinski definition) is 4. The number of rotatable bonds is 6. The van der Waals surface area contributed by atoms with E-state index in [1.54, 1.807) is 0 Å². The fraction of sp³-hybridized carbons (Fsp3) is 0.391. The van der Waals surface area contributed by atoms with Crippen LogP contribution in [0.5, 0.6) is 5.75 Å². The zero-order valence-electron chi connectivity index (χ0n) is 18.0. The fourth-order valence-electron chi connectivity index (χ4n) is 2.95. The first-order valence-electron chi connectivity index (χ1n) is 9.76. The van der Waals surface area contributed by atoms with E-state index in [1.165, 1.54) is 0 Å². The Bertz CT molecular complexity index is 993. The molecule has 1 heterocycles. The van der Waals surface area contributed by atoms with E-state index in [0.29, 0.717) is 17.8 Å². The van der Waals surface area contributed by atoms with Crippen LogP contribution in [-0.4, -0.2) is 16.2 Å². The van der Waals surface area contributed by atoms with Crippen LogP contribution in [0.2, 0.25) is 0 Å². The van der Waals surface area contributed by atoms with Gasteiger partial charge in [0.2, 0.25) is 0 Å². The summed E-state index contributed by atoms with van der Waals surface area (Å²) in [6.45, 7) is 11.6. The number of hydrogen-bond donors (Lipinski definition) is 1. The lowest BCUT2D eigenvalue weighted by molar-refractivity contribution is 0.0545. The Kier molecular flexibility index (Phi) is 5.96. The van der Waals surface area contributed by atoms with Gasteiger partial charge in [0.1, 0.15) is 17.8 Å². The first-order chi connectivity index (χ1) is 13.5. The standard InChI is InChI=1S/C23H30NO4P/c1-22(2,3)27-29(25,28-23(4,5)6)20-15-18-13-10-14-19(21(18)24-20)26-16-17-11-8-7-9-12-17/h7-15,24H,16H2,1-6H3. The van der Waals surface area contributed by atoms with Gasteiger partial charge in [0.05, 0.1) is 16.7 Å². The molecule has 6 heteroatoms. The summed E-state index contributed by atoms with van der Waals surface area (Å²) in [5.74, 6) is 0.690. The average molecular weight is 415 g/mol. The fourth-order valence-corrected chi connectivity index (χ4v) is 5.18. The van der Waals surface area contributed by atoms with Crippen LogP contribution in [0, 0.1) is 0 Å². The van der Waals surface area contributed by atoms with Crippen molar-refractivity contribution in [3.05, 3.63) is 60.2 Å². The summed E-state index contributed by atoms with van der Waals surface area (Å²) in [5, 5.41) is 0.890. The van der Waals surface area contributed by atoms with Gasteiger partial charge >= 0.3 is 7.60 Å². The zero-order valence-corrected chi connectivity index (χ0v) is 18.9. The third-order valence-electron chi connectivity index (χ3n) is 3.92. The molecule has 2 aromatic carbocycles. The molecule has 0 bridgehead atoms. The van der Waals surface area contributed by atoms with Gasteiger partial charge in [0.25, 0.3) is 0 Å². The van der Waals surface area contributed by atoms with Crippen molar-refractivity contribution in [2.45, 2.75) is 59.4 Å². The van der Waals surface area contributed by atoms with Gasteiger partial charge < -0.3 is 9.72 Å². The highest BCUT2D eigenvalue weighted by Crippen LogP contribution is 2.53. The van der Waals surface area contributed by atoms with Gasteiger partial charge in [-0.2, -0.15) is 0 Å². The third-order valence-corrected chi connectivity index (χ3v) is 6.33. The molecule has 0 aliphatic carbocycles. The van der Waals surface area contributed by atoms with E-state index in [-0.39, 0.29) is 0 Å². The number of ether oxygens (including phenoxy) is 1. The summed E-state index contributed by atoms with van der Waals surface area (Å²) >= 11 is 0. The molecule has 0 spiro atoms. The van der Waals surface area contributed by atoms with Crippen molar-refractivity contribution in [2.75, 3.05) is 0 Å². The van der Waals surface area contributed by atoms with E-state index in [4.69, 9.17) is 13.8 Å². The minimum absolute atomic E-state index is 0.424. The van der Waals surface area contributed by atoms with E-state index in [1.807, 2.05) is 96.1 Å². The predicted molar refractivity (Wildman–Crippen MR) is 118 cm³/mol.